The van der Waals surface area contributed by atoms with E-state index in [9.17, 15) is 8.78 Å². The number of hydrogen-bond donors (Lipinski definition) is 0. The number of halogens is 3. The summed E-state index contributed by atoms with van der Waals surface area (Å²) in [5.74, 6) is -0.722. The smallest absolute Gasteiger partial charge is 0.161 e. The molecule has 7 heteroatoms. The Hall–Kier alpha value is -2.28. The molecular weight excluding hydrogens is 416 g/mol. The summed E-state index contributed by atoms with van der Waals surface area (Å²) >= 11 is 3.33. The van der Waals surface area contributed by atoms with E-state index in [1.54, 1.807) is 18.5 Å². The third-order valence-electron chi connectivity index (χ3n) is 4.47. The lowest BCUT2D eigenvalue weighted by molar-refractivity contribution is 0.0829. The Balaban J connectivity index is 1.80. The van der Waals surface area contributed by atoms with Crippen molar-refractivity contribution < 1.29 is 13.6 Å². The molecule has 4 nitrogen and oxygen atoms in total. The van der Waals surface area contributed by atoms with Crippen LogP contribution in [0.4, 0.5) is 14.5 Å². The van der Waals surface area contributed by atoms with Gasteiger partial charge in [0.2, 0.25) is 0 Å². The first-order chi connectivity index (χ1) is 12.9. The van der Waals surface area contributed by atoms with Gasteiger partial charge in [0.25, 0.3) is 0 Å². The van der Waals surface area contributed by atoms with Gasteiger partial charge in [-0.15, -0.1) is 0 Å². The van der Waals surface area contributed by atoms with Crippen LogP contribution in [0.2, 0.25) is 0 Å². The van der Waals surface area contributed by atoms with Crippen molar-refractivity contribution in [3.8, 4) is 0 Å². The Kier molecular flexibility index (Phi) is 5.89. The second-order valence-electron chi connectivity index (χ2n) is 6.44. The van der Waals surface area contributed by atoms with Crippen LogP contribution < -0.4 is 0 Å². The second kappa shape index (κ2) is 8.17. The van der Waals surface area contributed by atoms with Crippen LogP contribution in [0, 0.1) is 18.6 Å². The zero-order valence-electron chi connectivity index (χ0n) is 15.3. The summed E-state index contributed by atoms with van der Waals surface area (Å²) in [5.41, 5.74) is 3.26. The van der Waals surface area contributed by atoms with Crippen LogP contribution in [-0.2, 0) is 4.84 Å². The van der Waals surface area contributed by atoms with Crippen LogP contribution in [0.25, 0.3) is 0 Å². The Morgan fingerprint density at radius 2 is 2.11 bits per heavy atom. The maximum absolute atomic E-state index is 14.7. The average molecular weight is 436 g/mol. The van der Waals surface area contributed by atoms with E-state index in [1.807, 2.05) is 25.8 Å². The molecule has 0 aromatic heterocycles. The molecule has 0 bridgehead atoms. The summed E-state index contributed by atoms with van der Waals surface area (Å²) in [6.45, 7) is 4.71. The maximum atomic E-state index is 14.7. The third kappa shape index (κ3) is 4.35. The lowest BCUT2D eigenvalue weighted by Crippen LogP contribution is -2.14. The predicted octanol–water partition coefficient (Wildman–Crippen LogP) is 5.51. The highest BCUT2D eigenvalue weighted by Gasteiger charge is 2.28. The normalized spacial score (nSPS) is 16.5. The van der Waals surface area contributed by atoms with Gasteiger partial charge in [0, 0.05) is 41.7 Å². The zero-order chi connectivity index (χ0) is 19.6. The van der Waals surface area contributed by atoms with Crippen molar-refractivity contribution in [2.45, 2.75) is 26.4 Å². The van der Waals surface area contributed by atoms with E-state index in [2.05, 4.69) is 26.1 Å². The van der Waals surface area contributed by atoms with Gasteiger partial charge in [0.1, 0.15) is 11.6 Å². The van der Waals surface area contributed by atoms with Crippen molar-refractivity contribution in [2.24, 2.45) is 10.1 Å². The fourth-order valence-electron chi connectivity index (χ4n) is 2.75. The van der Waals surface area contributed by atoms with Crippen LogP contribution in [0.3, 0.4) is 0 Å². The first-order valence-corrected chi connectivity index (χ1v) is 9.41. The molecule has 1 unspecified atom stereocenters. The number of oxime groups is 1. The monoisotopic (exact) mass is 435 g/mol. The standard InChI is InChI=1S/C20H20BrF2N3O/c1-4-26(3)11-24-18-9-17(23)15(7-12(18)2)20-10-19(25-27-20)14-6-5-13(22)8-16(14)21/h5-9,11,20H,4,10H2,1-3H3/b24-11-. The molecule has 0 amide bonds. The van der Waals surface area contributed by atoms with Gasteiger partial charge in [-0.2, -0.15) is 0 Å². The van der Waals surface area contributed by atoms with Crippen molar-refractivity contribution in [3.05, 3.63) is 63.1 Å². The Morgan fingerprint density at radius 3 is 2.81 bits per heavy atom. The Morgan fingerprint density at radius 1 is 1.33 bits per heavy atom. The molecule has 0 aliphatic carbocycles. The van der Waals surface area contributed by atoms with E-state index < -0.39 is 6.10 Å². The van der Waals surface area contributed by atoms with E-state index in [1.165, 1.54) is 18.2 Å². The van der Waals surface area contributed by atoms with E-state index in [-0.39, 0.29) is 11.6 Å². The summed E-state index contributed by atoms with van der Waals surface area (Å²) in [7, 11) is 1.91. The number of rotatable bonds is 5. The first-order valence-electron chi connectivity index (χ1n) is 8.61. The molecule has 2 aromatic carbocycles. The number of aliphatic imine (C=N–C) groups is 1. The van der Waals surface area contributed by atoms with Gasteiger partial charge >= 0.3 is 0 Å². The number of nitrogens with zero attached hydrogens (tertiary/aromatic N) is 3. The number of aryl methyl sites for hydroxylation is 1. The van der Waals surface area contributed by atoms with Gasteiger partial charge in [-0.25, -0.2) is 13.8 Å². The second-order valence-corrected chi connectivity index (χ2v) is 7.29. The van der Waals surface area contributed by atoms with Gasteiger partial charge in [-0.3, -0.25) is 0 Å². The van der Waals surface area contributed by atoms with Crippen molar-refractivity contribution in [1.29, 1.82) is 0 Å². The SMILES string of the molecule is CCN(C)/C=N\c1cc(F)c(C2CC(c3ccc(F)cc3Br)=NO2)cc1C. The summed E-state index contributed by atoms with van der Waals surface area (Å²) < 4.78 is 28.5. The summed E-state index contributed by atoms with van der Waals surface area (Å²) in [6.07, 6.45) is 1.56. The fraction of sp³-hybridized carbons (Fsp3) is 0.300. The summed E-state index contributed by atoms with van der Waals surface area (Å²) in [5, 5.41) is 4.08. The minimum absolute atomic E-state index is 0.340. The highest BCUT2D eigenvalue weighted by atomic mass is 79.9. The first kappa shape index (κ1) is 19.5. The lowest BCUT2D eigenvalue weighted by Gasteiger charge is -2.13. The molecule has 0 radical (unpaired) electrons. The minimum atomic E-state index is -0.521. The molecule has 3 rings (SSSR count). The lowest BCUT2D eigenvalue weighted by atomic mass is 9.98. The van der Waals surface area contributed by atoms with Gasteiger partial charge < -0.3 is 9.74 Å². The van der Waals surface area contributed by atoms with Gasteiger partial charge in [0.05, 0.1) is 17.7 Å². The van der Waals surface area contributed by atoms with E-state index >= 15 is 0 Å². The number of benzene rings is 2. The molecule has 27 heavy (non-hydrogen) atoms. The van der Waals surface area contributed by atoms with Crippen LogP contribution in [-0.4, -0.2) is 30.5 Å². The molecule has 0 spiro atoms. The largest absolute Gasteiger partial charge is 0.387 e. The van der Waals surface area contributed by atoms with Crippen molar-refractivity contribution in [1.82, 2.24) is 4.90 Å². The fourth-order valence-corrected chi connectivity index (χ4v) is 3.33. The topological polar surface area (TPSA) is 37.2 Å². The van der Waals surface area contributed by atoms with Crippen LogP contribution in [0.1, 0.15) is 36.1 Å². The summed E-state index contributed by atoms with van der Waals surface area (Å²) in [6, 6.07) is 7.53. The van der Waals surface area contributed by atoms with E-state index in [0.717, 1.165) is 17.7 Å². The quantitative estimate of drug-likeness (QED) is 0.458. The zero-order valence-corrected chi connectivity index (χ0v) is 16.9. The predicted molar refractivity (Wildman–Crippen MR) is 107 cm³/mol. The molecule has 0 fully saturated rings. The van der Waals surface area contributed by atoms with Gasteiger partial charge in [-0.05, 0) is 43.7 Å². The molecule has 2 aromatic rings. The minimum Gasteiger partial charge on any atom is -0.387 e. The molecule has 1 aliphatic heterocycles. The highest BCUT2D eigenvalue weighted by Crippen LogP contribution is 2.35. The van der Waals surface area contributed by atoms with Crippen molar-refractivity contribution in [3.63, 3.8) is 0 Å². The molecule has 142 valence electrons. The molecule has 1 aliphatic rings. The molecule has 0 N–H and O–H groups in total. The third-order valence-corrected chi connectivity index (χ3v) is 5.12. The van der Waals surface area contributed by atoms with Crippen molar-refractivity contribution in [2.75, 3.05) is 13.6 Å². The average Bonchev–Trinajstić information content (AvgIpc) is 3.11. The van der Waals surface area contributed by atoms with Crippen LogP contribution >= 0.6 is 15.9 Å². The molecule has 1 atom stereocenters. The van der Waals surface area contributed by atoms with E-state index in [4.69, 9.17) is 4.84 Å². The Bertz CT molecular complexity index is 914. The van der Waals surface area contributed by atoms with Crippen LogP contribution in [0.15, 0.2) is 45.0 Å². The van der Waals surface area contributed by atoms with Gasteiger partial charge in [0.15, 0.2) is 6.10 Å². The van der Waals surface area contributed by atoms with Crippen LogP contribution in [0.5, 0.6) is 0 Å². The molecule has 0 saturated heterocycles. The summed E-state index contributed by atoms with van der Waals surface area (Å²) in [4.78, 5) is 11.7. The molecular formula is C20H20BrF2N3O. The highest BCUT2D eigenvalue weighted by molar-refractivity contribution is 9.10. The van der Waals surface area contributed by atoms with Gasteiger partial charge in [-0.1, -0.05) is 21.1 Å². The molecule has 1 heterocycles. The van der Waals surface area contributed by atoms with Crippen molar-refractivity contribution >= 4 is 33.7 Å². The molecule has 0 saturated carbocycles. The van der Waals surface area contributed by atoms with E-state index in [0.29, 0.717) is 27.9 Å². The maximum Gasteiger partial charge on any atom is 0.161 e. The number of hydrogen-bond acceptors (Lipinski definition) is 3. The Labute approximate surface area is 165 Å².